The topological polar surface area (TPSA) is 50.1 Å². The van der Waals surface area contributed by atoms with Crippen molar-refractivity contribution < 1.29 is 4.39 Å². The number of anilines is 1. The van der Waals surface area contributed by atoms with E-state index in [0.717, 1.165) is 50.4 Å². The van der Waals surface area contributed by atoms with Crippen molar-refractivity contribution >= 4 is 17.3 Å². The average Bonchev–Trinajstić information content (AvgIpc) is 3.48. The minimum Gasteiger partial charge on any atom is -0.367 e. The van der Waals surface area contributed by atoms with Crippen molar-refractivity contribution in [1.29, 1.82) is 0 Å². The van der Waals surface area contributed by atoms with Crippen LogP contribution in [-0.2, 0) is 0 Å². The third-order valence-corrected chi connectivity index (χ3v) is 6.74. The largest absolute Gasteiger partial charge is 0.367 e. The molecule has 6 nitrogen and oxygen atoms in total. The lowest BCUT2D eigenvalue weighted by Crippen LogP contribution is -2.48. The number of benzene rings is 2. The van der Waals surface area contributed by atoms with Crippen molar-refractivity contribution in [2.75, 3.05) is 31.1 Å². The number of nitrogens with zero attached hydrogens (tertiary/aromatic N) is 6. The minimum absolute atomic E-state index is 0.0596. The van der Waals surface area contributed by atoms with Crippen LogP contribution < -0.4 is 4.90 Å². The Bertz CT molecular complexity index is 1010. The van der Waals surface area contributed by atoms with Crippen molar-refractivity contribution in [3.8, 4) is 0 Å². The number of para-hydroxylation sites is 1. The lowest BCUT2D eigenvalue weighted by Gasteiger charge is -2.40. The molecule has 1 saturated carbocycles. The molecule has 2 fully saturated rings. The molecule has 8 heteroatoms. The maximum atomic E-state index is 14.3. The molecule has 0 unspecified atom stereocenters. The summed E-state index contributed by atoms with van der Waals surface area (Å²) in [5.74, 6) is 0.712. The fourth-order valence-electron chi connectivity index (χ4n) is 4.89. The van der Waals surface area contributed by atoms with Crippen LogP contribution in [-0.4, -0.2) is 51.3 Å². The molecule has 0 spiro atoms. The van der Waals surface area contributed by atoms with E-state index in [1.807, 2.05) is 28.9 Å². The molecule has 3 aromatic rings. The van der Waals surface area contributed by atoms with Crippen LogP contribution in [0.15, 0.2) is 48.5 Å². The van der Waals surface area contributed by atoms with Gasteiger partial charge >= 0.3 is 0 Å². The van der Waals surface area contributed by atoms with E-state index < -0.39 is 0 Å². The van der Waals surface area contributed by atoms with Crippen LogP contribution in [0.3, 0.4) is 0 Å². The molecule has 31 heavy (non-hydrogen) atoms. The molecule has 2 aromatic carbocycles. The first-order valence-electron chi connectivity index (χ1n) is 11.0. The number of tetrazole rings is 1. The van der Waals surface area contributed by atoms with E-state index >= 15 is 0 Å². The van der Waals surface area contributed by atoms with Gasteiger partial charge in [-0.2, -0.15) is 0 Å². The van der Waals surface area contributed by atoms with Crippen LogP contribution in [0.5, 0.6) is 0 Å². The summed E-state index contributed by atoms with van der Waals surface area (Å²) in [6.45, 7) is 3.07. The lowest BCUT2D eigenvalue weighted by atomic mass is 10.0. The van der Waals surface area contributed by atoms with E-state index in [2.05, 4.69) is 37.5 Å². The van der Waals surface area contributed by atoms with Gasteiger partial charge in [0, 0.05) is 31.2 Å². The minimum atomic E-state index is -0.171. The first-order chi connectivity index (χ1) is 15.2. The van der Waals surface area contributed by atoms with E-state index in [1.54, 1.807) is 6.07 Å². The number of aromatic nitrogens is 4. The zero-order valence-electron chi connectivity index (χ0n) is 17.4. The van der Waals surface area contributed by atoms with Crippen LogP contribution in [0.4, 0.5) is 10.1 Å². The van der Waals surface area contributed by atoms with Crippen LogP contribution in [0, 0.1) is 5.82 Å². The maximum Gasteiger partial charge on any atom is 0.173 e. The van der Waals surface area contributed by atoms with E-state index in [-0.39, 0.29) is 11.9 Å². The van der Waals surface area contributed by atoms with Gasteiger partial charge in [0.1, 0.15) is 5.82 Å². The van der Waals surface area contributed by atoms with Gasteiger partial charge in [0.25, 0.3) is 0 Å². The zero-order chi connectivity index (χ0) is 21.2. The average molecular weight is 441 g/mol. The summed E-state index contributed by atoms with van der Waals surface area (Å²) in [7, 11) is 0. The molecule has 1 aliphatic carbocycles. The van der Waals surface area contributed by atoms with Gasteiger partial charge in [0.2, 0.25) is 0 Å². The molecular formula is C23H26ClFN6. The SMILES string of the molecule is Fc1ccccc1N1CCN([C@@H](c2ccc(Cl)cc2)c2nnnn2C2CCCC2)CC1. The third-order valence-electron chi connectivity index (χ3n) is 6.49. The van der Waals surface area contributed by atoms with Gasteiger partial charge in [-0.25, -0.2) is 9.07 Å². The van der Waals surface area contributed by atoms with E-state index in [0.29, 0.717) is 16.8 Å². The summed E-state index contributed by atoms with van der Waals surface area (Å²) >= 11 is 6.16. The molecule has 0 bridgehead atoms. The Morgan fingerprint density at radius 1 is 0.935 bits per heavy atom. The molecule has 2 heterocycles. The summed E-state index contributed by atoms with van der Waals surface area (Å²) < 4.78 is 16.3. The highest BCUT2D eigenvalue weighted by molar-refractivity contribution is 6.30. The van der Waals surface area contributed by atoms with Gasteiger partial charge in [-0.15, -0.1) is 5.10 Å². The summed E-state index contributed by atoms with van der Waals surface area (Å²) in [5.41, 5.74) is 1.79. The van der Waals surface area contributed by atoms with Crippen molar-refractivity contribution in [2.45, 2.75) is 37.8 Å². The highest BCUT2D eigenvalue weighted by atomic mass is 35.5. The second kappa shape index (κ2) is 8.93. The van der Waals surface area contributed by atoms with Crippen LogP contribution >= 0.6 is 11.6 Å². The van der Waals surface area contributed by atoms with Gasteiger partial charge in [-0.3, -0.25) is 4.90 Å². The first kappa shape index (κ1) is 20.4. The molecular weight excluding hydrogens is 415 g/mol. The zero-order valence-corrected chi connectivity index (χ0v) is 18.1. The molecule has 0 N–H and O–H groups in total. The Balaban J connectivity index is 1.43. The van der Waals surface area contributed by atoms with E-state index in [4.69, 9.17) is 11.6 Å². The molecule has 1 atom stereocenters. The number of halogens is 2. The van der Waals surface area contributed by atoms with E-state index in [9.17, 15) is 4.39 Å². The first-order valence-corrected chi connectivity index (χ1v) is 11.4. The molecule has 0 radical (unpaired) electrons. The van der Waals surface area contributed by atoms with Gasteiger partial charge in [0.15, 0.2) is 5.82 Å². The smallest absolute Gasteiger partial charge is 0.173 e. The van der Waals surface area contributed by atoms with Gasteiger partial charge in [-0.05, 0) is 53.1 Å². The van der Waals surface area contributed by atoms with Crippen molar-refractivity contribution in [3.05, 3.63) is 70.8 Å². The number of rotatable bonds is 5. The van der Waals surface area contributed by atoms with Gasteiger partial charge in [0.05, 0.1) is 17.8 Å². The highest BCUT2D eigenvalue weighted by Crippen LogP contribution is 2.35. The quantitative estimate of drug-likeness (QED) is 0.585. The molecule has 2 aliphatic rings. The standard InChI is InChI=1S/C23H26ClFN6/c24-18-11-9-17(10-12-18)22(23-26-27-28-31(23)19-5-1-2-6-19)30-15-13-29(14-16-30)21-8-4-3-7-20(21)25/h3-4,7-12,19,22H,1-2,5-6,13-16H2/t22-/m0/s1. The van der Waals surface area contributed by atoms with Gasteiger partial charge in [-0.1, -0.05) is 48.7 Å². The lowest BCUT2D eigenvalue weighted by molar-refractivity contribution is 0.197. The summed E-state index contributed by atoms with van der Waals surface area (Å²) in [6, 6.07) is 15.2. The molecule has 162 valence electrons. The fourth-order valence-corrected chi connectivity index (χ4v) is 5.01. The number of hydrogen-bond acceptors (Lipinski definition) is 5. The highest BCUT2D eigenvalue weighted by Gasteiger charge is 2.33. The molecule has 0 amide bonds. The Labute approximate surface area is 186 Å². The van der Waals surface area contributed by atoms with Crippen LogP contribution in [0.1, 0.15) is 49.2 Å². The Morgan fingerprint density at radius 3 is 2.35 bits per heavy atom. The van der Waals surface area contributed by atoms with Crippen molar-refractivity contribution in [3.63, 3.8) is 0 Å². The molecule has 5 rings (SSSR count). The monoisotopic (exact) mass is 440 g/mol. The Hall–Kier alpha value is -2.51. The predicted molar refractivity (Wildman–Crippen MR) is 119 cm³/mol. The van der Waals surface area contributed by atoms with E-state index in [1.165, 1.54) is 18.9 Å². The number of piperazine rings is 1. The Morgan fingerprint density at radius 2 is 1.65 bits per heavy atom. The molecule has 1 saturated heterocycles. The molecule has 1 aliphatic heterocycles. The van der Waals surface area contributed by atoms with Gasteiger partial charge < -0.3 is 4.90 Å². The normalized spacial score (nSPS) is 19.1. The van der Waals surface area contributed by atoms with Crippen molar-refractivity contribution in [2.24, 2.45) is 0 Å². The molecule has 1 aromatic heterocycles. The fraction of sp³-hybridized carbons (Fsp3) is 0.435. The summed E-state index contributed by atoms with van der Waals surface area (Å²) in [5, 5.41) is 13.6. The maximum absolute atomic E-state index is 14.3. The summed E-state index contributed by atoms with van der Waals surface area (Å²) in [4.78, 5) is 4.52. The Kier molecular flexibility index (Phi) is 5.87. The third kappa shape index (κ3) is 4.16. The van der Waals surface area contributed by atoms with Crippen LogP contribution in [0.2, 0.25) is 5.02 Å². The van der Waals surface area contributed by atoms with Crippen molar-refractivity contribution in [1.82, 2.24) is 25.1 Å². The second-order valence-electron chi connectivity index (χ2n) is 8.35. The summed E-state index contributed by atoms with van der Waals surface area (Å²) in [6.07, 6.45) is 4.67. The number of hydrogen-bond donors (Lipinski definition) is 0. The predicted octanol–water partition coefficient (Wildman–Crippen LogP) is 4.49. The second-order valence-corrected chi connectivity index (χ2v) is 8.78. The van der Waals surface area contributed by atoms with Crippen LogP contribution in [0.25, 0.3) is 0 Å².